The Kier molecular flexibility index (Phi) is 3.03. The summed E-state index contributed by atoms with van der Waals surface area (Å²) in [6.45, 7) is 0. The van der Waals surface area contributed by atoms with E-state index in [0.29, 0.717) is 6.42 Å². The Hall–Kier alpha value is -0.400. The van der Waals surface area contributed by atoms with E-state index in [1.165, 1.54) is 0 Å². The molecule has 0 radical (unpaired) electrons. The fourth-order valence-corrected chi connectivity index (χ4v) is 1.26. The van der Waals surface area contributed by atoms with Gasteiger partial charge in [-0.3, -0.25) is 0 Å². The minimum absolute atomic E-state index is 0.402. The quantitative estimate of drug-likeness (QED) is 0.739. The molecular formula is C7H4Br2N2. The van der Waals surface area contributed by atoms with Crippen LogP contribution in [0.2, 0.25) is 0 Å². The van der Waals surface area contributed by atoms with Crippen LogP contribution in [0.15, 0.2) is 21.3 Å². The van der Waals surface area contributed by atoms with Gasteiger partial charge in [0, 0.05) is 6.20 Å². The van der Waals surface area contributed by atoms with Gasteiger partial charge in [-0.15, -0.1) is 0 Å². The molecule has 0 aliphatic heterocycles. The first-order valence-corrected chi connectivity index (χ1v) is 4.49. The predicted octanol–water partition coefficient (Wildman–Crippen LogP) is 2.67. The standard InChI is InChI=1S/C7H4Br2N2/c8-6-3-5(1-2-10)4-11-7(6)9/h3-4H,1H2. The second-order valence-electron chi connectivity index (χ2n) is 1.95. The average molecular weight is 276 g/mol. The number of nitrogens with zero attached hydrogens (tertiary/aromatic N) is 2. The Morgan fingerprint density at radius 1 is 1.55 bits per heavy atom. The molecule has 1 aromatic rings. The van der Waals surface area contributed by atoms with Gasteiger partial charge in [-0.2, -0.15) is 5.26 Å². The molecule has 0 bridgehead atoms. The zero-order valence-electron chi connectivity index (χ0n) is 5.51. The van der Waals surface area contributed by atoms with Crippen molar-refractivity contribution >= 4 is 31.9 Å². The van der Waals surface area contributed by atoms with E-state index in [-0.39, 0.29) is 0 Å². The highest BCUT2D eigenvalue weighted by Crippen LogP contribution is 2.20. The second kappa shape index (κ2) is 3.84. The summed E-state index contributed by atoms with van der Waals surface area (Å²) in [5.41, 5.74) is 0.919. The van der Waals surface area contributed by atoms with E-state index >= 15 is 0 Å². The molecule has 56 valence electrons. The lowest BCUT2D eigenvalue weighted by molar-refractivity contribution is 1.16. The minimum atomic E-state index is 0.402. The average Bonchev–Trinajstić information content (AvgIpc) is 1.98. The molecule has 0 unspecified atom stereocenters. The SMILES string of the molecule is N#CCc1cnc(Br)c(Br)c1. The molecule has 1 rings (SSSR count). The van der Waals surface area contributed by atoms with E-state index in [2.05, 4.69) is 42.9 Å². The molecule has 2 nitrogen and oxygen atoms in total. The van der Waals surface area contributed by atoms with Crippen LogP contribution in [0.5, 0.6) is 0 Å². The number of nitriles is 1. The molecule has 1 aromatic heterocycles. The van der Waals surface area contributed by atoms with Crippen molar-refractivity contribution in [3.8, 4) is 6.07 Å². The van der Waals surface area contributed by atoms with Gasteiger partial charge >= 0.3 is 0 Å². The number of hydrogen-bond acceptors (Lipinski definition) is 2. The number of pyridine rings is 1. The number of rotatable bonds is 1. The van der Waals surface area contributed by atoms with Crippen LogP contribution < -0.4 is 0 Å². The molecule has 4 heteroatoms. The largest absolute Gasteiger partial charge is 0.248 e. The number of halogens is 2. The Morgan fingerprint density at radius 3 is 2.82 bits per heavy atom. The lowest BCUT2D eigenvalue weighted by Gasteiger charge is -1.96. The van der Waals surface area contributed by atoms with E-state index in [1.807, 2.05) is 6.07 Å². The first kappa shape index (κ1) is 8.69. The fraction of sp³-hybridized carbons (Fsp3) is 0.143. The summed E-state index contributed by atoms with van der Waals surface area (Å²) in [7, 11) is 0. The van der Waals surface area contributed by atoms with Crippen LogP contribution in [0, 0.1) is 11.3 Å². The highest BCUT2D eigenvalue weighted by Gasteiger charge is 1.98. The van der Waals surface area contributed by atoms with Gasteiger partial charge in [0.2, 0.25) is 0 Å². The summed E-state index contributed by atoms with van der Waals surface area (Å²) < 4.78 is 1.64. The molecule has 0 N–H and O–H groups in total. The summed E-state index contributed by atoms with van der Waals surface area (Å²) in [6.07, 6.45) is 2.08. The van der Waals surface area contributed by atoms with E-state index in [4.69, 9.17) is 5.26 Å². The van der Waals surface area contributed by atoms with Crippen molar-refractivity contribution in [3.63, 3.8) is 0 Å². The van der Waals surface area contributed by atoms with E-state index in [1.54, 1.807) is 6.20 Å². The molecule has 11 heavy (non-hydrogen) atoms. The highest BCUT2D eigenvalue weighted by molar-refractivity contribution is 9.13. The first-order valence-electron chi connectivity index (χ1n) is 2.91. The second-order valence-corrected chi connectivity index (χ2v) is 3.56. The molecular weight excluding hydrogens is 272 g/mol. The summed E-state index contributed by atoms with van der Waals surface area (Å²) in [4.78, 5) is 4.02. The smallest absolute Gasteiger partial charge is 0.120 e. The number of aromatic nitrogens is 1. The Bertz CT molecular complexity index is 304. The summed E-state index contributed by atoms with van der Waals surface area (Å²) >= 11 is 6.54. The van der Waals surface area contributed by atoms with E-state index < -0.39 is 0 Å². The monoisotopic (exact) mass is 274 g/mol. The van der Waals surface area contributed by atoms with Gasteiger partial charge in [-0.25, -0.2) is 4.98 Å². The van der Waals surface area contributed by atoms with E-state index in [0.717, 1.165) is 14.6 Å². The molecule has 0 aromatic carbocycles. The van der Waals surface area contributed by atoms with Crippen LogP contribution in [-0.2, 0) is 6.42 Å². The minimum Gasteiger partial charge on any atom is -0.248 e. The van der Waals surface area contributed by atoms with Crippen molar-refractivity contribution in [1.29, 1.82) is 5.26 Å². The predicted molar refractivity (Wildman–Crippen MR) is 49.0 cm³/mol. The van der Waals surface area contributed by atoms with Gasteiger partial charge in [0.05, 0.1) is 17.0 Å². The van der Waals surface area contributed by atoms with Crippen LogP contribution in [0.1, 0.15) is 5.56 Å². The van der Waals surface area contributed by atoms with Crippen molar-refractivity contribution in [1.82, 2.24) is 4.98 Å². The van der Waals surface area contributed by atoms with Crippen LogP contribution in [0.4, 0.5) is 0 Å². The summed E-state index contributed by atoms with van der Waals surface area (Å²) in [5.74, 6) is 0. The lowest BCUT2D eigenvalue weighted by atomic mass is 10.2. The van der Waals surface area contributed by atoms with Crippen LogP contribution in [0.25, 0.3) is 0 Å². The third kappa shape index (κ3) is 2.28. The van der Waals surface area contributed by atoms with Crippen LogP contribution in [-0.4, -0.2) is 4.98 Å². The molecule has 0 amide bonds. The molecule has 0 fully saturated rings. The third-order valence-electron chi connectivity index (χ3n) is 1.14. The topological polar surface area (TPSA) is 36.7 Å². The maximum Gasteiger partial charge on any atom is 0.120 e. The molecule has 0 spiro atoms. The summed E-state index contributed by atoms with van der Waals surface area (Å²) in [6, 6.07) is 3.93. The third-order valence-corrected chi connectivity index (χ3v) is 2.90. The number of hydrogen-bond donors (Lipinski definition) is 0. The molecule has 0 aliphatic carbocycles. The van der Waals surface area contributed by atoms with Crippen LogP contribution >= 0.6 is 31.9 Å². The molecule has 1 heterocycles. The van der Waals surface area contributed by atoms with Gasteiger partial charge in [-0.1, -0.05) is 0 Å². The van der Waals surface area contributed by atoms with Crippen molar-refractivity contribution in [2.75, 3.05) is 0 Å². The Morgan fingerprint density at radius 2 is 2.27 bits per heavy atom. The van der Waals surface area contributed by atoms with Crippen molar-refractivity contribution in [2.24, 2.45) is 0 Å². The lowest BCUT2D eigenvalue weighted by Crippen LogP contribution is -1.84. The maximum atomic E-state index is 8.38. The molecule has 0 saturated heterocycles. The van der Waals surface area contributed by atoms with Gasteiger partial charge in [0.1, 0.15) is 4.60 Å². The van der Waals surface area contributed by atoms with Crippen molar-refractivity contribution < 1.29 is 0 Å². The maximum absolute atomic E-state index is 8.38. The van der Waals surface area contributed by atoms with Crippen molar-refractivity contribution in [3.05, 3.63) is 26.9 Å². The van der Waals surface area contributed by atoms with E-state index in [9.17, 15) is 0 Å². The Labute approximate surface area is 81.5 Å². The zero-order chi connectivity index (χ0) is 8.27. The van der Waals surface area contributed by atoms with Gasteiger partial charge in [0.15, 0.2) is 0 Å². The fourth-order valence-electron chi connectivity index (χ4n) is 0.649. The zero-order valence-corrected chi connectivity index (χ0v) is 8.68. The highest BCUT2D eigenvalue weighted by atomic mass is 79.9. The normalized spacial score (nSPS) is 9.18. The van der Waals surface area contributed by atoms with Gasteiger partial charge in [0.25, 0.3) is 0 Å². The summed E-state index contributed by atoms with van der Waals surface area (Å²) in [5, 5.41) is 8.38. The van der Waals surface area contributed by atoms with Crippen LogP contribution in [0.3, 0.4) is 0 Å². The van der Waals surface area contributed by atoms with Gasteiger partial charge < -0.3 is 0 Å². The molecule has 0 saturated carbocycles. The Balaban J connectivity index is 2.98. The first-order chi connectivity index (χ1) is 5.24. The van der Waals surface area contributed by atoms with Crippen molar-refractivity contribution in [2.45, 2.75) is 6.42 Å². The molecule has 0 atom stereocenters. The molecule has 0 aliphatic rings. The van der Waals surface area contributed by atoms with Gasteiger partial charge in [-0.05, 0) is 43.5 Å².